The van der Waals surface area contributed by atoms with E-state index >= 15 is 0 Å². The van der Waals surface area contributed by atoms with Gasteiger partial charge in [0.05, 0.1) is 0 Å². The van der Waals surface area contributed by atoms with Gasteiger partial charge in [-0.2, -0.15) is 0 Å². The molecule has 1 rings (SSSR count). The van der Waals surface area contributed by atoms with E-state index < -0.39 is 0 Å². The quantitative estimate of drug-likeness (QED) is 0.547. The van der Waals surface area contributed by atoms with Crippen LogP contribution in [0.3, 0.4) is 0 Å². The maximum Gasteiger partial charge on any atom is 0.190 e. The summed E-state index contributed by atoms with van der Waals surface area (Å²) in [6, 6.07) is 0. The van der Waals surface area contributed by atoms with Crippen molar-refractivity contribution < 1.29 is 0 Å². The van der Waals surface area contributed by atoms with E-state index in [0.717, 1.165) is 30.9 Å². The van der Waals surface area contributed by atoms with Gasteiger partial charge < -0.3 is 15.5 Å². The van der Waals surface area contributed by atoms with E-state index in [1.54, 1.807) is 0 Å². The Kier molecular flexibility index (Phi) is 7.87. The van der Waals surface area contributed by atoms with Gasteiger partial charge in [0.2, 0.25) is 0 Å². The molecular formula is C15H32N4. The van der Waals surface area contributed by atoms with Crippen LogP contribution in [0.4, 0.5) is 0 Å². The molecule has 4 nitrogen and oxygen atoms in total. The largest absolute Gasteiger partial charge is 0.356 e. The number of hydrogen-bond donors (Lipinski definition) is 2. The molecule has 1 saturated heterocycles. The van der Waals surface area contributed by atoms with Crippen LogP contribution in [-0.4, -0.2) is 50.6 Å². The van der Waals surface area contributed by atoms with Gasteiger partial charge in [0.25, 0.3) is 0 Å². The minimum atomic E-state index is 0.739. The molecule has 1 atom stereocenters. The van der Waals surface area contributed by atoms with Crippen molar-refractivity contribution in [3.8, 4) is 0 Å². The zero-order chi connectivity index (χ0) is 14.1. The number of guanidine groups is 1. The summed E-state index contributed by atoms with van der Waals surface area (Å²) in [6.07, 6.45) is 3.77. The minimum absolute atomic E-state index is 0.739. The molecule has 1 aliphatic rings. The fraction of sp³-hybridized carbons (Fsp3) is 0.933. The Hall–Kier alpha value is -0.770. The summed E-state index contributed by atoms with van der Waals surface area (Å²) in [6.45, 7) is 12.6. The number of aliphatic imine (C=N–C) groups is 1. The van der Waals surface area contributed by atoms with E-state index in [2.05, 4.69) is 41.3 Å². The third-order valence-corrected chi connectivity index (χ3v) is 3.71. The Morgan fingerprint density at radius 1 is 1.37 bits per heavy atom. The molecule has 4 heteroatoms. The Labute approximate surface area is 119 Å². The van der Waals surface area contributed by atoms with Crippen molar-refractivity contribution in [1.29, 1.82) is 0 Å². The van der Waals surface area contributed by atoms with Crippen molar-refractivity contribution in [2.24, 2.45) is 16.8 Å². The molecule has 0 aromatic heterocycles. The predicted octanol–water partition coefficient (Wildman–Crippen LogP) is 1.93. The third kappa shape index (κ3) is 6.81. The summed E-state index contributed by atoms with van der Waals surface area (Å²) in [7, 11) is 1.85. The van der Waals surface area contributed by atoms with E-state index in [4.69, 9.17) is 0 Å². The summed E-state index contributed by atoms with van der Waals surface area (Å²) in [5.74, 6) is 2.47. The second kappa shape index (κ2) is 9.18. The lowest BCUT2D eigenvalue weighted by molar-refractivity contribution is 0.324. The molecule has 0 aromatic rings. The molecule has 1 unspecified atom stereocenters. The molecular weight excluding hydrogens is 236 g/mol. The second-order valence-corrected chi connectivity index (χ2v) is 6.02. The van der Waals surface area contributed by atoms with Crippen molar-refractivity contribution in [1.82, 2.24) is 15.5 Å². The van der Waals surface area contributed by atoms with E-state index in [1.807, 2.05) is 7.05 Å². The molecule has 0 amide bonds. The Morgan fingerprint density at radius 3 is 2.79 bits per heavy atom. The van der Waals surface area contributed by atoms with Gasteiger partial charge >= 0.3 is 0 Å². The van der Waals surface area contributed by atoms with Gasteiger partial charge in [-0.3, -0.25) is 4.99 Å². The number of nitrogens with one attached hydrogen (secondary N) is 2. The fourth-order valence-corrected chi connectivity index (χ4v) is 2.54. The first kappa shape index (κ1) is 16.3. The predicted molar refractivity (Wildman–Crippen MR) is 83.7 cm³/mol. The van der Waals surface area contributed by atoms with Crippen molar-refractivity contribution in [3.05, 3.63) is 0 Å². The minimum Gasteiger partial charge on any atom is -0.356 e. The number of likely N-dealkylation sites (tertiary alicyclic amines) is 1. The van der Waals surface area contributed by atoms with Crippen LogP contribution < -0.4 is 10.6 Å². The molecule has 1 aliphatic heterocycles. The molecule has 0 spiro atoms. The first-order chi connectivity index (χ1) is 9.15. The van der Waals surface area contributed by atoms with E-state index in [-0.39, 0.29) is 0 Å². The van der Waals surface area contributed by atoms with Crippen molar-refractivity contribution in [2.45, 2.75) is 40.0 Å². The number of nitrogens with zero attached hydrogens (tertiary/aromatic N) is 2. The Bertz CT molecular complexity index is 263. The monoisotopic (exact) mass is 268 g/mol. The molecule has 112 valence electrons. The summed E-state index contributed by atoms with van der Waals surface area (Å²) < 4.78 is 0. The zero-order valence-corrected chi connectivity index (χ0v) is 13.2. The average molecular weight is 268 g/mol. The second-order valence-electron chi connectivity index (χ2n) is 6.02. The maximum atomic E-state index is 4.28. The van der Waals surface area contributed by atoms with Gasteiger partial charge in [-0.15, -0.1) is 0 Å². The van der Waals surface area contributed by atoms with E-state index in [1.165, 1.54) is 38.9 Å². The first-order valence-electron chi connectivity index (χ1n) is 7.82. The maximum absolute atomic E-state index is 4.28. The molecule has 1 fully saturated rings. The Morgan fingerprint density at radius 2 is 2.16 bits per heavy atom. The highest BCUT2D eigenvalue weighted by Crippen LogP contribution is 2.15. The van der Waals surface area contributed by atoms with Crippen LogP contribution in [0.2, 0.25) is 0 Å². The summed E-state index contributed by atoms with van der Waals surface area (Å²) in [5.41, 5.74) is 0. The molecule has 2 N–H and O–H groups in total. The molecule has 0 radical (unpaired) electrons. The van der Waals surface area contributed by atoms with Crippen LogP contribution in [0.1, 0.15) is 40.0 Å². The standard InChI is InChI=1S/C15H32N4/c1-5-9-19-10-7-14(12-19)11-18-15(16-4)17-8-6-13(2)3/h13-14H,5-12H2,1-4H3,(H2,16,17,18). The molecule has 1 heterocycles. The van der Waals surface area contributed by atoms with Gasteiger partial charge in [0, 0.05) is 26.7 Å². The van der Waals surface area contributed by atoms with Crippen molar-refractivity contribution >= 4 is 5.96 Å². The van der Waals surface area contributed by atoms with E-state index in [0.29, 0.717) is 0 Å². The third-order valence-electron chi connectivity index (χ3n) is 3.71. The SMILES string of the molecule is CCCN1CCC(CNC(=NC)NCCC(C)C)C1. The molecule has 0 bridgehead atoms. The van der Waals surface area contributed by atoms with Crippen LogP contribution in [0.15, 0.2) is 4.99 Å². The summed E-state index contributed by atoms with van der Waals surface area (Å²) >= 11 is 0. The summed E-state index contributed by atoms with van der Waals surface area (Å²) in [4.78, 5) is 6.85. The molecule has 0 aliphatic carbocycles. The lowest BCUT2D eigenvalue weighted by atomic mass is 10.1. The zero-order valence-electron chi connectivity index (χ0n) is 13.2. The lowest BCUT2D eigenvalue weighted by Crippen LogP contribution is -2.40. The van der Waals surface area contributed by atoms with Crippen LogP contribution in [0.25, 0.3) is 0 Å². The van der Waals surface area contributed by atoms with Crippen LogP contribution in [0, 0.1) is 11.8 Å². The highest BCUT2D eigenvalue weighted by Gasteiger charge is 2.21. The first-order valence-corrected chi connectivity index (χ1v) is 7.82. The van der Waals surface area contributed by atoms with Gasteiger partial charge in [0.1, 0.15) is 0 Å². The Balaban J connectivity index is 2.16. The van der Waals surface area contributed by atoms with Gasteiger partial charge in [-0.05, 0) is 44.2 Å². The molecule has 0 saturated carbocycles. The molecule has 19 heavy (non-hydrogen) atoms. The van der Waals surface area contributed by atoms with Gasteiger partial charge in [-0.25, -0.2) is 0 Å². The van der Waals surface area contributed by atoms with Crippen molar-refractivity contribution in [2.75, 3.05) is 39.8 Å². The smallest absolute Gasteiger partial charge is 0.190 e. The number of hydrogen-bond acceptors (Lipinski definition) is 2. The van der Waals surface area contributed by atoms with Gasteiger partial charge in [-0.1, -0.05) is 20.8 Å². The van der Waals surface area contributed by atoms with Gasteiger partial charge in [0.15, 0.2) is 5.96 Å². The normalized spacial score (nSPS) is 21.1. The lowest BCUT2D eigenvalue weighted by Gasteiger charge is -2.17. The highest BCUT2D eigenvalue weighted by atomic mass is 15.2. The highest BCUT2D eigenvalue weighted by molar-refractivity contribution is 5.79. The fourth-order valence-electron chi connectivity index (χ4n) is 2.54. The van der Waals surface area contributed by atoms with Crippen LogP contribution >= 0.6 is 0 Å². The van der Waals surface area contributed by atoms with Crippen LogP contribution in [0.5, 0.6) is 0 Å². The molecule has 0 aromatic carbocycles. The number of rotatable bonds is 7. The average Bonchev–Trinajstić information content (AvgIpc) is 2.81. The topological polar surface area (TPSA) is 39.7 Å². The summed E-state index contributed by atoms with van der Waals surface area (Å²) in [5, 5.41) is 6.85. The van der Waals surface area contributed by atoms with Crippen LogP contribution in [-0.2, 0) is 0 Å². The van der Waals surface area contributed by atoms with Crippen molar-refractivity contribution in [3.63, 3.8) is 0 Å². The van der Waals surface area contributed by atoms with E-state index in [9.17, 15) is 0 Å².